The molecule has 4 aromatic rings. The average molecular weight is 505 g/mol. The highest BCUT2D eigenvalue weighted by Gasteiger charge is 2.39. The molecule has 0 unspecified atom stereocenters. The van der Waals surface area contributed by atoms with Crippen LogP contribution in [-0.2, 0) is 6.18 Å². The molecular weight excluding hydrogens is 488 g/mol. The van der Waals surface area contributed by atoms with Crippen LogP contribution in [0.15, 0.2) is 54.6 Å². The van der Waals surface area contributed by atoms with Crippen molar-refractivity contribution < 1.29 is 18.0 Å². The molecule has 1 aliphatic carbocycles. The number of hydrogen-bond acceptors (Lipinski definition) is 3. The monoisotopic (exact) mass is 504 g/mol. The summed E-state index contributed by atoms with van der Waals surface area (Å²) >= 11 is 12.4. The van der Waals surface area contributed by atoms with E-state index in [1.165, 1.54) is 10.7 Å². The number of alkyl halides is 3. The van der Waals surface area contributed by atoms with Crippen molar-refractivity contribution in [3.63, 3.8) is 0 Å². The van der Waals surface area contributed by atoms with Crippen molar-refractivity contribution in [2.75, 3.05) is 6.54 Å². The van der Waals surface area contributed by atoms with Gasteiger partial charge in [0, 0.05) is 22.5 Å². The lowest BCUT2D eigenvalue weighted by atomic mass is 10.0. The van der Waals surface area contributed by atoms with Gasteiger partial charge in [0.1, 0.15) is 0 Å². The minimum absolute atomic E-state index is 0.157. The van der Waals surface area contributed by atoms with E-state index in [2.05, 4.69) is 15.4 Å². The first-order valence-corrected chi connectivity index (χ1v) is 11.3. The summed E-state index contributed by atoms with van der Waals surface area (Å²) in [6.07, 6.45) is -2.93. The van der Waals surface area contributed by atoms with Crippen LogP contribution in [-0.4, -0.2) is 27.2 Å². The van der Waals surface area contributed by atoms with Gasteiger partial charge >= 0.3 is 6.18 Å². The van der Waals surface area contributed by atoms with Gasteiger partial charge in [0.25, 0.3) is 5.91 Å². The highest BCUT2D eigenvalue weighted by Crippen LogP contribution is 2.38. The van der Waals surface area contributed by atoms with Crippen molar-refractivity contribution >= 4 is 40.1 Å². The van der Waals surface area contributed by atoms with Crippen LogP contribution < -0.4 is 5.32 Å². The van der Waals surface area contributed by atoms with E-state index in [4.69, 9.17) is 23.2 Å². The van der Waals surface area contributed by atoms with Gasteiger partial charge in [-0.3, -0.25) is 4.79 Å². The van der Waals surface area contributed by atoms with Crippen LogP contribution in [0.5, 0.6) is 0 Å². The van der Waals surface area contributed by atoms with E-state index in [0.717, 1.165) is 12.8 Å². The molecule has 0 bridgehead atoms. The minimum Gasteiger partial charge on any atom is -0.352 e. The number of para-hydroxylation sites is 1. The Labute approximate surface area is 202 Å². The number of amides is 1. The second-order valence-electron chi connectivity index (χ2n) is 8.13. The molecule has 0 saturated heterocycles. The summed E-state index contributed by atoms with van der Waals surface area (Å²) in [5.41, 5.74) is -0.458. The topological polar surface area (TPSA) is 59.8 Å². The maximum absolute atomic E-state index is 13.9. The Morgan fingerprint density at radius 3 is 2.44 bits per heavy atom. The third-order valence-corrected chi connectivity index (χ3v) is 6.20. The number of nitrogens with one attached hydrogen (secondary N) is 1. The van der Waals surface area contributed by atoms with Crippen LogP contribution in [0.1, 0.15) is 28.9 Å². The molecule has 5 rings (SSSR count). The molecule has 1 saturated carbocycles. The maximum Gasteiger partial charge on any atom is 0.434 e. The summed E-state index contributed by atoms with van der Waals surface area (Å²) < 4.78 is 43.1. The predicted octanol–water partition coefficient (Wildman–Crippen LogP) is 6.55. The lowest BCUT2D eigenvalue weighted by Gasteiger charge is -2.12. The van der Waals surface area contributed by atoms with E-state index in [1.807, 2.05) is 0 Å². The Morgan fingerprint density at radius 1 is 1.09 bits per heavy atom. The Hall–Kier alpha value is -3.10. The molecule has 1 aliphatic rings. The summed E-state index contributed by atoms with van der Waals surface area (Å²) in [6.45, 7) is 0.330. The van der Waals surface area contributed by atoms with Crippen LogP contribution in [0.3, 0.4) is 0 Å². The molecule has 2 heterocycles. The third-order valence-electron chi connectivity index (χ3n) is 5.62. The van der Waals surface area contributed by atoms with Crippen LogP contribution in [0.25, 0.3) is 28.0 Å². The van der Waals surface area contributed by atoms with Crippen molar-refractivity contribution in [3.8, 4) is 16.9 Å². The lowest BCUT2D eigenvalue weighted by Crippen LogP contribution is -2.28. The molecule has 2 aromatic carbocycles. The number of carbonyl (C=O) groups is 1. The van der Waals surface area contributed by atoms with Gasteiger partial charge in [-0.05, 0) is 49.1 Å². The maximum atomic E-state index is 13.9. The first kappa shape index (κ1) is 22.7. The second kappa shape index (κ2) is 8.60. The number of pyridine rings is 1. The zero-order valence-electron chi connectivity index (χ0n) is 17.5. The Balaban J connectivity index is 1.77. The first-order valence-electron chi connectivity index (χ1n) is 10.5. The lowest BCUT2D eigenvalue weighted by molar-refractivity contribution is -0.141. The van der Waals surface area contributed by atoms with Gasteiger partial charge in [-0.25, -0.2) is 9.67 Å². The van der Waals surface area contributed by atoms with Gasteiger partial charge in [0.15, 0.2) is 11.3 Å². The van der Waals surface area contributed by atoms with Gasteiger partial charge in [0.2, 0.25) is 0 Å². The van der Waals surface area contributed by atoms with Crippen LogP contribution in [0.4, 0.5) is 13.2 Å². The van der Waals surface area contributed by atoms with Gasteiger partial charge in [-0.1, -0.05) is 47.5 Å². The SMILES string of the molecule is O=C(NCC1CC1)c1cc2c(-c3ccc(Cl)cc3)n(-c3ccccc3Cl)nc2nc1C(F)(F)F. The number of aromatic nitrogens is 3. The molecule has 0 radical (unpaired) electrons. The van der Waals surface area contributed by atoms with Crippen LogP contribution in [0.2, 0.25) is 10.0 Å². The zero-order chi connectivity index (χ0) is 24.0. The van der Waals surface area contributed by atoms with Crippen molar-refractivity contribution in [1.82, 2.24) is 20.1 Å². The molecule has 1 amide bonds. The number of rotatable bonds is 5. The number of benzene rings is 2. The molecule has 0 aliphatic heterocycles. The third kappa shape index (κ3) is 4.35. The number of fused-ring (bicyclic) bond motifs is 1. The fourth-order valence-corrected chi connectivity index (χ4v) is 4.08. The van der Waals surface area contributed by atoms with Gasteiger partial charge < -0.3 is 5.32 Å². The minimum atomic E-state index is -4.84. The summed E-state index contributed by atoms with van der Waals surface area (Å²) in [5, 5.41) is 8.10. The van der Waals surface area contributed by atoms with Crippen LogP contribution >= 0.6 is 23.2 Å². The van der Waals surface area contributed by atoms with Crippen molar-refractivity contribution in [3.05, 3.63) is 75.9 Å². The molecule has 0 atom stereocenters. The fourth-order valence-electron chi connectivity index (χ4n) is 3.74. The highest BCUT2D eigenvalue weighted by atomic mass is 35.5. The molecule has 0 spiro atoms. The predicted molar refractivity (Wildman–Crippen MR) is 124 cm³/mol. The zero-order valence-corrected chi connectivity index (χ0v) is 19.0. The molecule has 10 heteroatoms. The Bertz CT molecular complexity index is 1400. The number of hydrogen-bond donors (Lipinski definition) is 1. The van der Waals surface area contributed by atoms with E-state index in [-0.39, 0.29) is 11.0 Å². The number of halogens is 5. The Kier molecular flexibility index (Phi) is 5.73. The molecule has 34 heavy (non-hydrogen) atoms. The molecule has 1 N–H and O–H groups in total. The standard InChI is InChI=1S/C24H17Cl2F3N4O/c25-15-9-7-14(8-10-15)20-16-11-17(23(34)30-12-13-5-6-13)21(24(27,28)29)31-22(16)32-33(20)19-4-2-1-3-18(19)26/h1-4,7-11,13H,5-6,12H2,(H,30,34). The number of nitrogens with zero attached hydrogens (tertiary/aromatic N) is 3. The second-order valence-corrected chi connectivity index (χ2v) is 8.97. The van der Waals surface area contributed by atoms with Crippen molar-refractivity contribution in [1.29, 1.82) is 0 Å². The fraction of sp³-hybridized carbons (Fsp3) is 0.208. The van der Waals surface area contributed by atoms with Gasteiger partial charge in [0.05, 0.1) is 22.0 Å². The smallest absolute Gasteiger partial charge is 0.352 e. The highest BCUT2D eigenvalue weighted by molar-refractivity contribution is 6.32. The first-order chi connectivity index (χ1) is 16.2. The van der Waals surface area contributed by atoms with E-state index >= 15 is 0 Å². The molecule has 1 fully saturated rings. The summed E-state index contributed by atoms with van der Waals surface area (Å²) in [7, 11) is 0. The average Bonchev–Trinajstić information content (AvgIpc) is 3.56. The van der Waals surface area contributed by atoms with E-state index in [1.54, 1.807) is 48.5 Å². The summed E-state index contributed by atoms with van der Waals surface area (Å²) in [4.78, 5) is 16.6. The summed E-state index contributed by atoms with van der Waals surface area (Å²) in [5.74, 6) is -0.510. The van der Waals surface area contributed by atoms with Crippen molar-refractivity contribution in [2.24, 2.45) is 5.92 Å². The van der Waals surface area contributed by atoms with E-state index in [0.29, 0.717) is 39.5 Å². The summed E-state index contributed by atoms with van der Waals surface area (Å²) in [6, 6.07) is 14.8. The largest absolute Gasteiger partial charge is 0.434 e. The van der Waals surface area contributed by atoms with Gasteiger partial charge in [-0.2, -0.15) is 13.2 Å². The van der Waals surface area contributed by atoms with Gasteiger partial charge in [-0.15, -0.1) is 5.10 Å². The quantitative estimate of drug-likeness (QED) is 0.335. The molecular formula is C24H17Cl2F3N4O. The van der Waals surface area contributed by atoms with E-state index < -0.39 is 23.3 Å². The van der Waals surface area contributed by atoms with Crippen molar-refractivity contribution in [2.45, 2.75) is 19.0 Å². The normalized spacial score (nSPS) is 13.9. The molecule has 5 nitrogen and oxygen atoms in total. The Morgan fingerprint density at radius 2 is 1.79 bits per heavy atom. The molecule has 2 aromatic heterocycles. The number of carbonyl (C=O) groups excluding carboxylic acids is 1. The van der Waals surface area contributed by atoms with E-state index in [9.17, 15) is 18.0 Å². The van der Waals surface area contributed by atoms with Crippen LogP contribution in [0, 0.1) is 5.92 Å². The molecule has 174 valence electrons.